The van der Waals surface area contributed by atoms with Crippen molar-refractivity contribution < 1.29 is 4.74 Å². The third-order valence-electron chi connectivity index (χ3n) is 3.46. The van der Waals surface area contributed by atoms with Gasteiger partial charge in [-0.15, -0.1) is 0 Å². The van der Waals surface area contributed by atoms with Gasteiger partial charge in [-0.2, -0.15) is 0 Å². The number of ether oxygens (including phenoxy) is 1. The van der Waals surface area contributed by atoms with Gasteiger partial charge in [0.15, 0.2) is 0 Å². The number of hydrogen-bond acceptors (Lipinski definition) is 2. The lowest BCUT2D eigenvalue weighted by atomic mass is 9.88. The smallest absolute Gasteiger partial charge is 0.109 e. The van der Waals surface area contributed by atoms with Gasteiger partial charge < -0.3 is 10.1 Å². The quantitative estimate of drug-likeness (QED) is 0.748. The van der Waals surface area contributed by atoms with Crippen LogP contribution in [-0.2, 0) is 4.74 Å². The highest BCUT2D eigenvalue weighted by molar-refractivity contribution is 5.07. The van der Waals surface area contributed by atoms with Crippen molar-refractivity contribution in [2.45, 2.75) is 53.0 Å². The molecule has 0 saturated heterocycles. The zero-order chi connectivity index (χ0) is 12.0. The number of allylic oxidation sites excluding steroid dienone is 1. The minimum Gasteiger partial charge on any atom is -0.497 e. The van der Waals surface area contributed by atoms with Gasteiger partial charge in [0, 0.05) is 0 Å². The normalized spacial score (nSPS) is 20.2. The summed E-state index contributed by atoms with van der Waals surface area (Å²) in [6.07, 6.45) is 5.79. The summed E-state index contributed by atoms with van der Waals surface area (Å²) < 4.78 is 5.81. The molecule has 2 heteroatoms. The van der Waals surface area contributed by atoms with E-state index in [1.807, 2.05) is 0 Å². The Morgan fingerprint density at radius 1 is 1.38 bits per heavy atom. The van der Waals surface area contributed by atoms with E-state index in [0.717, 1.165) is 13.2 Å². The summed E-state index contributed by atoms with van der Waals surface area (Å²) in [6, 6.07) is 0.403. The lowest BCUT2D eigenvalue weighted by Crippen LogP contribution is -2.40. The Labute approximate surface area is 100 Å². The Hall–Kier alpha value is -0.500. The van der Waals surface area contributed by atoms with Crippen molar-refractivity contribution in [3.8, 4) is 0 Å². The Kier molecular flexibility index (Phi) is 5.89. The van der Waals surface area contributed by atoms with Crippen LogP contribution in [0, 0.1) is 11.8 Å². The van der Waals surface area contributed by atoms with E-state index in [4.69, 9.17) is 4.74 Å². The second kappa shape index (κ2) is 6.95. The molecular weight excluding hydrogens is 198 g/mol. The molecule has 16 heavy (non-hydrogen) atoms. The first-order chi connectivity index (χ1) is 7.66. The van der Waals surface area contributed by atoms with Gasteiger partial charge in [-0.3, -0.25) is 0 Å². The molecule has 0 aliphatic carbocycles. The highest BCUT2D eigenvalue weighted by Gasteiger charge is 2.25. The van der Waals surface area contributed by atoms with E-state index >= 15 is 0 Å². The summed E-state index contributed by atoms with van der Waals surface area (Å²) in [7, 11) is 0. The highest BCUT2D eigenvalue weighted by atomic mass is 16.5. The number of nitrogens with one attached hydrogen (secondary N) is 1. The second-order valence-corrected chi connectivity index (χ2v) is 5.13. The van der Waals surface area contributed by atoms with Crippen molar-refractivity contribution in [2.24, 2.45) is 11.8 Å². The van der Waals surface area contributed by atoms with E-state index in [0.29, 0.717) is 17.9 Å². The SMILES string of the molecule is CCCNC(C1=CCCCO1)C(C)C(C)C. The minimum atomic E-state index is 0.403. The molecule has 0 fully saturated rings. The van der Waals surface area contributed by atoms with Crippen LogP contribution in [0.2, 0.25) is 0 Å². The predicted octanol–water partition coefficient (Wildman–Crippen LogP) is 3.34. The summed E-state index contributed by atoms with van der Waals surface area (Å²) in [4.78, 5) is 0. The first-order valence-electron chi connectivity index (χ1n) is 6.73. The standard InChI is InChI=1S/C14H27NO/c1-5-9-15-14(12(4)11(2)3)13-8-6-7-10-16-13/h8,11-12,14-15H,5-7,9-10H2,1-4H3. The molecule has 2 unspecified atom stereocenters. The second-order valence-electron chi connectivity index (χ2n) is 5.13. The van der Waals surface area contributed by atoms with Crippen molar-refractivity contribution in [2.75, 3.05) is 13.2 Å². The van der Waals surface area contributed by atoms with Crippen LogP contribution in [0.3, 0.4) is 0 Å². The summed E-state index contributed by atoms with van der Waals surface area (Å²) in [5.41, 5.74) is 0. The zero-order valence-corrected chi connectivity index (χ0v) is 11.3. The molecule has 1 aliphatic rings. The van der Waals surface area contributed by atoms with Crippen LogP contribution >= 0.6 is 0 Å². The molecule has 0 aromatic heterocycles. The molecule has 1 aliphatic heterocycles. The molecule has 0 aromatic carbocycles. The van der Waals surface area contributed by atoms with Crippen molar-refractivity contribution in [3.63, 3.8) is 0 Å². The maximum atomic E-state index is 5.81. The fraction of sp³-hybridized carbons (Fsp3) is 0.857. The Morgan fingerprint density at radius 2 is 2.12 bits per heavy atom. The molecule has 0 aromatic rings. The van der Waals surface area contributed by atoms with Gasteiger partial charge in [0.05, 0.1) is 12.6 Å². The minimum absolute atomic E-state index is 0.403. The van der Waals surface area contributed by atoms with Crippen LogP contribution in [0.15, 0.2) is 11.8 Å². The molecule has 1 N–H and O–H groups in total. The third kappa shape index (κ3) is 3.82. The predicted molar refractivity (Wildman–Crippen MR) is 69.4 cm³/mol. The number of rotatable bonds is 6. The summed E-state index contributed by atoms with van der Waals surface area (Å²) in [5.74, 6) is 2.48. The van der Waals surface area contributed by atoms with Crippen LogP contribution in [0.5, 0.6) is 0 Å². The van der Waals surface area contributed by atoms with Crippen molar-refractivity contribution in [1.29, 1.82) is 0 Å². The number of hydrogen-bond donors (Lipinski definition) is 1. The molecule has 0 spiro atoms. The molecule has 94 valence electrons. The van der Waals surface area contributed by atoms with E-state index in [-0.39, 0.29) is 0 Å². The van der Waals surface area contributed by atoms with E-state index in [1.165, 1.54) is 25.0 Å². The van der Waals surface area contributed by atoms with Gasteiger partial charge in [-0.1, -0.05) is 27.7 Å². The van der Waals surface area contributed by atoms with Crippen molar-refractivity contribution >= 4 is 0 Å². The largest absolute Gasteiger partial charge is 0.497 e. The Balaban J connectivity index is 2.65. The monoisotopic (exact) mass is 225 g/mol. The maximum Gasteiger partial charge on any atom is 0.109 e. The molecular formula is C14H27NO. The lowest BCUT2D eigenvalue weighted by Gasteiger charge is -2.31. The average molecular weight is 225 g/mol. The average Bonchev–Trinajstić information content (AvgIpc) is 2.30. The maximum absolute atomic E-state index is 5.81. The molecule has 1 heterocycles. The molecule has 0 saturated carbocycles. The van der Waals surface area contributed by atoms with Crippen LogP contribution in [0.1, 0.15) is 47.0 Å². The van der Waals surface area contributed by atoms with Crippen molar-refractivity contribution in [3.05, 3.63) is 11.8 Å². The highest BCUT2D eigenvalue weighted by Crippen LogP contribution is 2.24. The first-order valence-corrected chi connectivity index (χ1v) is 6.73. The summed E-state index contributed by atoms with van der Waals surface area (Å²) >= 11 is 0. The van der Waals surface area contributed by atoms with E-state index in [2.05, 4.69) is 39.1 Å². The zero-order valence-electron chi connectivity index (χ0n) is 11.3. The molecule has 0 radical (unpaired) electrons. The molecule has 0 bridgehead atoms. The first kappa shape index (κ1) is 13.6. The van der Waals surface area contributed by atoms with Gasteiger partial charge in [0.25, 0.3) is 0 Å². The molecule has 0 amide bonds. The van der Waals surface area contributed by atoms with Gasteiger partial charge >= 0.3 is 0 Å². The van der Waals surface area contributed by atoms with Crippen LogP contribution < -0.4 is 5.32 Å². The Bertz CT molecular complexity index is 223. The fourth-order valence-corrected chi connectivity index (χ4v) is 2.02. The summed E-state index contributed by atoms with van der Waals surface area (Å²) in [6.45, 7) is 11.1. The van der Waals surface area contributed by atoms with E-state index < -0.39 is 0 Å². The summed E-state index contributed by atoms with van der Waals surface area (Å²) in [5, 5.41) is 3.63. The van der Waals surface area contributed by atoms with Gasteiger partial charge in [0.1, 0.15) is 5.76 Å². The van der Waals surface area contributed by atoms with E-state index in [9.17, 15) is 0 Å². The van der Waals surface area contributed by atoms with Gasteiger partial charge in [-0.05, 0) is 43.7 Å². The van der Waals surface area contributed by atoms with Crippen LogP contribution in [0.4, 0.5) is 0 Å². The third-order valence-corrected chi connectivity index (χ3v) is 3.46. The van der Waals surface area contributed by atoms with Gasteiger partial charge in [0.2, 0.25) is 0 Å². The van der Waals surface area contributed by atoms with Crippen molar-refractivity contribution in [1.82, 2.24) is 5.32 Å². The topological polar surface area (TPSA) is 21.3 Å². The Morgan fingerprint density at radius 3 is 2.62 bits per heavy atom. The lowest BCUT2D eigenvalue weighted by molar-refractivity contribution is 0.143. The van der Waals surface area contributed by atoms with Gasteiger partial charge in [-0.25, -0.2) is 0 Å². The van der Waals surface area contributed by atoms with Crippen LogP contribution in [0.25, 0.3) is 0 Å². The van der Waals surface area contributed by atoms with Crippen LogP contribution in [-0.4, -0.2) is 19.2 Å². The molecule has 2 nitrogen and oxygen atoms in total. The fourth-order valence-electron chi connectivity index (χ4n) is 2.02. The molecule has 2 atom stereocenters. The molecule has 1 rings (SSSR count). The van der Waals surface area contributed by atoms with E-state index in [1.54, 1.807) is 0 Å².